The summed E-state index contributed by atoms with van der Waals surface area (Å²) < 4.78 is 5.60. The quantitative estimate of drug-likeness (QED) is 0.624. The number of benzene rings is 1. The van der Waals surface area contributed by atoms with Crippen LogP contribution < -0.4 is 4.90 Å². The van der Waals surface area contributed by atoms with Crippen molar-refractivity contribution in [1.82, 2.24) is 9.88 Å². The van der Waals surface area contributed by atoms with Gasteiger partial charge in [0.05, 0.1) is 6.04 Å². The molecular formula is C29H38N4O5. The summed E-state index contributed by atoms with van der Waals surface area (Å²) in [6, 6.07) is 10.5. The molecule has 204 valence electrons. The number of rotatable bonds is 4. The van der Waals surface area contributed by atoms with Crippen LogP contribution in [-0.2, 0) is 9.57 Å². The van der Waals surface area contributed by atoms with Crippen LogP contribution in [0.15, 0.2) is 47.8 Å². The second-order valence-corrected chi connectivity index (χ2v) is 11.7. The highest BCUT2D eigenvalue weighted by molar-refractivity contribution is 6.10. The smallest absolute Gasteiger partial charge is 0.410 e. The Morgan fingerprint density at radius 2 is 1.84 bits per heavy atom. The fraction of sp³-hybridized carbons (Fsp3) is 0.517. The minimum atomic E-state index is -1.29. The molecule has 9 heteroatoms. The lowest BCUT2D eigenvalue weighted by Gasteiger charge is -2.39. The number of carbonyl (C=O) groups is 2. The molecule has 2 aliphatic heterocycles. The number of anilines is 1. The molecule has 0 bridgehead atoms. The molecule has 2 amide bonds. The topological polar surface area (TPSA) is 105 Å². The number of aryl methyl sites for hydroxylation is 1. The summed E-state index contributed by atoms with van der Waals surface area (Å²) in [5, 5.41) is 15.1. The van der Waals surface area contributed by atoms with E-state index in [9.17, 15) is 14.7 Å². The van der Waals surface area contributed by atoms with Crippen molar-refractivity contribution >= 4 is 23.5 Å². The Kier molecular flexibility index (Phi) is 7.27. The summed E-state index contributed by atoms with van der Waals surface area (Å²) in [6.45, 7) is 13.6. The number of aliphatic hydroxyl groups is 1. The van der Waals surface area contributed by atoms with Gasteiger partial charge in [0, 0.05) is 30.4 Å². The fourth-order valence-corrected chi connectivity index (χ4v) is 4.69. The monoisotopic (exact) mass is 522 g/mol. The minimum Gasteiger partial charge on any atom is -0.444 e. The zero-order valence-corrected chi connectivity index (χ0v) is 23.3. The standard InChI is InChI=1S/C29H38N4O5/c1-19-10-8-16-30-24(19)33(22-11-9-17-32(18-22)26(35)37-27(2,3)4)25(34)21-14-12-20(13-15-21)23-29(7,36)28(5,6)38-31-23/h8,10,12-16,22,36H,9,11,17-18H2,1-7H3/t22-,29?/m1/s1. The van der Waals surface area contributed by atoms with Crippen LogP contribution in [-0.4, -0.2) is 68.6 Å². The molecule has 0 aliphatic carbocycles. The third kappa shape index (κ3) is 5.38. The van der Waals surface area contributed by atoms with E-state index in [4.69, 9.17) is 9.57 Å². The number of amides is 2. The van der Waals surface area contributed by atoms with Gasteiger partial charge in [-0.3, -0.25) is 9.69 Å². The predicted molar refractivity (Wildman–Crippen MR) is 145 cm³/mol. The van der Waals surface area contributed by atoms with Crippen LogP contribution in [0.3, 0.4) is 0 Å². The second-order valence-electron chi connectivity index (χ2n) is 11.7. The highest BCUT2D eigenvalue weighted by Gasteiger charge is 2.51. The molecule has 0 saturated carbocycles. The summed E-state index contributed by atoms with van der Waals surface area (Å²) >= 11 is 0. The van der Waals surface area contributed by atoms with Crippen molar-refractivity contribution in [2.45, 2.75) is 84.2 Å². The van der Waals surface area contributed by atoms with Gasteiger partial charge in [-0.1, -0.05) is 23.4 Å². The number of ether oxygens (including phenoxy) is 1. The molecule has 4 rings (SSSR count). The Morgan fingerprint density at radius 1 is 1.16 bits per heavy atom. The molecule has 2 aromatic rings. The Morgan fingerprint density at radius 3 is 2.42 bits per heavy atom. The first-order valence-corrected chi connectivity index (χ1v) is 13.0. The molecule has 2 atom stereocenters. The summed E-state index contributed by atoms with van der Waals surface area (Å²) in [5.41, 5.74) is -0.346. The van der Waals surface area contributed by atoms with Crippen molar-refractivity contribution in [1.29, 1.82) is 0 Å². The maximum atomic E-state index is 14.0. The molecule has 3 heterocycles. The van der Waals surface area contributed by atoms with E-state index in [1.165, 1.54) is 0 Å². The van der Waals surface area contributed by atoms with Gasteiger partial charge >= 0.3 is 6.09 Å². The number of pyridine rings is 1. The summed E-state index contributed by atoms with van der Waals surface area (Å²) in [6.07, 6.45) is 2.75. The number of piperidine rings is 1. The molecule has 1 saturated heterocycles. The van der Waals surface area contributed by atoms with E-state index in [2.05, 4.69) is 10.1 Å². The van der Waals surface area contributed by atoms with Crippen molar-refractivity contribution in [3.63, 3.8) is 0 Å². The van der Waals surface area contributed by atoms with E-state index >= 15 is 0 Å². The average molecular weight is 523 g/mol. The Labute approximate surface area is 224 Å². The third-order valence-electron chi connectivity index (χ3n) is 7.25. The average Bonchev–Trinajstić information content (AvgIpc) is 3.06. The second kappa shape index (κ2) is 10.0. The first-order valence-electron chi connectivity index (χ1n) is 13.0. The van der Waals surface area contributed by atoms with Gasteiger partial charge in [0.25, 0.3) is 5.91 Å². The van der Waals surface area contributed by atoms with Crippen LogP contribution in [0, 0.1) is 6.92 Å². The maximum absolute atomic E-state index is 14.0. The van der Waals surface area contributed by atoms with Crippen LogP contribution in [0.1, 0.15) is 75.9 Å². The maximum Gasteiger partial charge on any atom is 0.410 e. The molecular weight excluding hydrogens is 484 g/mol. The van der Waals surface area contributed by atoms with E-state index in [1.54, 1.807) is 61.0 Å². The molecule has 1 unspecified atom stereocenters. The largest absolute Gasteiger partial charge is 0.444 e. The Hall–Kier alpha value is -3.46. The van der Waals surface area contributed by atoms with Crippen LogP contribution >= 0.6 is 0 Å². The SMILES string of the molecule is Cc1cccnc1N(C(=O)c1ccc(C2=NOC(C)(C)C2(C)O)cc1)[C@@H]1CCCN(C(=O)OC(C)(C)C)C1. The molecule has 38 heavy (non-hydrogen) atoms. The number of hydrogen-bond acceptors (Lipinski definition) is 7. The molecule has 1 fully saturated rings. The minimum absolute atomic E-state index is 0.217. The number of nitrogens with zero attached hydrogens (tertiary/aromatic N) is 4. The predicted octanol–water partition coefficient (Wildman–Crippen LogP) is 4.70. The number of likely N-dealkylation sites (tertiary alicyclic amines) is 1. The Balaban J connectivity index is 1.63. The number of hydrogen-bond donors (Lipinski definition) is 1. The van der Waals surface area contributed by atoms with Gasteiger partial charge in [-0.15, -0.1) is 0 Å². The van der Waals surface area contributed by atoms with Crippen molar-refractivity contribution < 1.29 is 24.3 Å². The van der Waals surface area contributed by atoms with Crippen LogP contribution in [0.2, 0.25) is 0 Å². The molecule has 1 N–H and O–H groups in total. The molecule has 1 aromatic heterocycles. The lowest BCUT2D eigenvalue weighted by atomic mass is 9.81. The normalized spacial score (nSPS) is 22.9. The van der Waals surface area contributed by atoms with E-state index in [0.29, 0.717) is 35.7 Å². The van der Waals surface area contributed by atoms with E-state index in [1.807, 2.05) is 39.8 Å². The molecule has 0 spiro atoms. The zero-order valence-electron chi connectivity index (χ0n) is 23.3. The lowest BCUT2D eigenvalue weighted by molar-refractivity contribution is -0.0936. The van der Waals surface area contributed by atoms with Crippen LogP contribution in [0.4, 0.5) is 10.6 Å². The van der Waals surface area contributed by atoms with Gasteiger partial charge in [-0.05, 0) is 85.1 Å². The van der Waals surface area contributed by atoms with Crippen molar-refractivity contribution in [3.05, 3.63) is 59.3 Å². The van der Waals surface area contributed by atoms with Gasteiger partial charge in [0.15, 0.2) is 5.60 Å². The third-order valence-corrected chi connectivity index (χ3v) is 7.25. The number of oxime groups is 1. The summed E-state index contributed by atoms with van der Waals surface area (Å²) in [7, 11) is 0. The van der Waals surface area contributed by atoms with Gasteiger partial charge in [0.1, 0.15) is 22.7 Å². The first-order chi connectivity index (χ1) is 17.7. The van der Waals surface area contributed by atoms with Gasteiger partial charge < -0.3 is 19.6 Å². The van der Waals surface area contributed by atoms with Crippen molar-refractivity contribution in [2.75, 3.05) is 18.0 Å². The summed E-state index contributed by atoms with van der Waals surface area (Å²) in [4.78, 5) is 40.2. The fourth-order valence-electron chi connectivity index (χ4n) is 4.69. The zero-order chi connectivity index (χ0) is 27.9. The van der Waals surface area contributed by atoms with Gasteiger partial charge in [-0.25, -0.2) is 9.78 Å². The van der Waals surface area contributed by atoms with Crippen LogP contribution in [0.25, 0.3) is 0 Å². The Bertz CT molecular complexity index is 1230. The highest BCUT2D eigenvalue weighted by Crippen LogP contribution is 2.36. The lowest BCUT2D eigenvalue weighted by Crippen LogP contribution is -2.53. The molecule has 2 aliphatic rings. The highest BCUT2D eigenvalue weighted by atomic mass is 16.7. The van der Waals surface area contributed by atoms with Crippen molar-refractivity contribution in [2.24, 2.45) is 5.16 Å². The van der Waals surface area contributed by atoms with E-state index in [-0.39, 0.29) is 18.0 Å². The van der Waals surface area contributed by atoms with Gasteiger partial charge in [0.2, 0.25) is 0 Å². The summed E-state index contributed by atoms with van der Waals surface area (Å²) in [5.74, 6) is 0.349. The van der Waals surface area contributed by atoms with E-state index in [0.717, 1.165) is 18.4 Å². The van der Waals surface area contributed by atoms with Gasteiger partial charge in [-0.2, -0.15) is 0 Å². The molecule has 1 aromatic carbocycles. The van der Waals surface area contributed by atoms with Crippen molar-refractivity contribution in [3.8, 4) is 0 Å². The molecule has 9 nitrogen and oxygen atoms in total. The molecule has 0 radical (unpaired) electrons. The first kappa shape index (κ1) is 27.6. The van der Waals surface area contributed by atoms with Crippen LogP contribution in [0.5, 0.6) is 0 Å². The number of aromatic nitrogens is 1. The number of carbonyl (C=O) groups excluding carboxylic acids is 2. The van der Waals surface area contributed by atoms with E-state index < -0.39 is 16.8 Å².